The van der Waals surface area contributed by atoms with Crippen LogP contribution in [0.25, 0.3) is 230 Å². The normalized spacial score (nSPS) is 11.9. The molecule has 27 aromatic rings. The van der Waals surface area contributed by atoms with Crippen LogP contribution in [-0.4, -0.2) is 27.4 Å². The number of fused-ring (bicyclic) bond motifs is 18. The molecule has 0 amide bonds. The molecule has 0 saturated heterocycles. The quantitative estimate of drug-likeness (QED) is 0.136. The lowest BCUT2D eigenvalue weighted by Gasteiger charge is -2.16. The molecular formula is C116H74N6. The Balaban J connectivity index is 0.000000101. The van der Waals surface area contributed by atoms with Gasteiger partial charge in [-0.25, -0.2) is 0 Å². The number of para-hydroxylation sites is 6. The molecule has 568 valence electrons. The summed E-state index contributed by atoms with van der Waals surface area (Å²) in [6.45, 7) is 0. The molecule has 0 bridgehead atoms. The Morgan fingerprint density at radius 2 is 0.492 bits per heavy atom. The van der Waals surface area contributed by atoms with Crippen LogP contribution in [-0.2, 0) is 0 Å². The highest BCUT2D eigenvalue weighted by atomic mass is 15.0. The molecule has 0 aliphatic carbocycles. The number of rotatable bonds is 8. The third kappa shape index (κ3) is 10.9. The summed E-state index contributed by atoms with van der Waals surface area (Å²) in [6, 6.07) is 157. The van der Waals surface area contributed by atoms with E-state index in [1.54, 1.807) is 0 Å². The van der Waals surface area contributed by atoms with E-state index >= 15 is 0 Å². The number of hydrogen-bond donors (Lipinski definition) is 0. The molecule has 0 aliphatic rings. The van der Waals surface area contributed by atoms with Gasteiger partial charge in [0.1, 0.15) is 0 Å². The van der Waals surface area contributed by atoms with E-state index in [2.05, 4.69) is 477 Å². The maximum Gasteiger partial charge on any atom is 0.0548 e. The second-order valence-electron chi connectivity index (χ2n) is 32.3. The van der Waals surface area contributed by atoms with Crippen LogP contribution in [0.5, 0.6) is 0 Å². The molecule has 0 saturated carbocycles. The van der Waals surface area contributed by atoms with Crippen LogP contribution in [0.2, 0.25) is 0 Å². The molecule has 0 spiro atoms. The molecule has 6 aromatic heterocycles. The van der Waals surface area contributed by atoms with Gasteiger partial charge in [0.2, 0.25) is 0 Å². The van der Waals surface area contributed by atoms with Crippen molar-refractivity contribution in [2.45, 2.75) is 0 Å². The first-order chi connectivity index (χ1) is 60.5. The zero-order chi connectivity index (χ0) is 80.0. The van der Waals surface area contributed by atoms with Crippen LogP contribution >= 0.6 is 0 Å². The van der Waals surface area contributed by atoms with Crippen molar-refractivity contribution in [2.75, 3.05) is 0 Å². The average Bonchev–Trinajstić information content (AvgIpc) is 1.29. The van der Waals surface area contributed by atoms with Crippen LogP contribution in [0.15, 0.2) is 449 Å². The minimum absolute atomic E-state index is 1.16. The third-order valence-corrected chi connectivity index (χ3v) is 25.7. The first-order valence-corrected chi connectivity index (χ1v) is 42.0. The van der Waals surface area contributed by atoms with Crippen molar-refractivity contribution in [1.82, 2.24) is 27.4 Å². The molecule has 0 N–H and O–H groups in total. The first-order valence-electron chi connectivity index (χ1n) is 42.0. The fourth-order valence-corrected chi connectivity index (χ4v) is 20.2. The highest BCUT2D eigenvalue weighted by Gasteiger charge is 2.23. The SMILES string of the molecule is c1ccc(-n2ccc3cc4c(cc32)c2ccccc2n4-c2ccc(-c3cc4ccccc4c4ccccc34)cc2)cc1.c1ccc(-n2ccc3cc4c(cc32)c2ccccc2n4-c2ccc3ccc4cccc5ccc2c3c45)cc1.c1ccc(-n2ccc3cc4c(cc32)c2ccccc2n4-c2cccc(-c3cc4ccccc4c4ccccc34)c2)cc1. The van der Waals surface area contributed by atoms with Gasteiger partial charge in [0.15, 0.2) is 0 Å². The highest BCUT2D eigenvalue weighted by molar-refractivity contribution is 6.26. The van der Waals surface area contributed by atoms with Crippen molar-refractivity contribution in [2.24, 2.45) is 0 Å². The molecule has 0 fully saturated rings. The van der Waals surface area contributed by atoms with Gasteiger partial charge in [0.05, 0.1) is 55.3 Å². The minimum Gasteiger partial charge on any atom is -0.317 e. The predicted molar refractivity (Wildman–Crippen MR) is 517 cm³/mol. The molecule has 21 aromatic carbocycles. The van der Waals surface area contributed by atoms with Crippen molar-refractivity contribution < 1.29 is 0 Å². The van der Waals surface area contributed by atoms with E-state index in [-0.39, 0.29) is 0 Å². The highest BCUT2D eigenvalue weighted by Crippen LogP contribution is 2.46. The smallest absolute Gasteiger partial charge is 0.0548 e. The maximum absolute atomic E-state index is 2.47. The second-order valence-corrected chi connectivity index (χ2v) is 32.3. The predicted octanol–water partition coefficient (Wildman–Crippen LogP) is 31.0. The minimum atomic E-state index is 1.16. The van der Waals surface area contributed by atoms with Crippen LogP contribution in [0.4, 0.5) is 0 Å². The average molecular weight is 1550 g/mol. The van der Waals surface area contributed by atoms with Crippen molar-refractivity contribution in [3.8, 4) is 56.4 Å². The van der Waals surface area contributed by atoms with Gasteiger partial charge in [0.25, 0.3) is 0 Å². The van der Waals surface area contributed by atoms with E-state index in [1.807, 2.05) is 0 Å². The van der Waals surface area contributed by atoms with Gasteiger partial charge in [-0.1, -0.05) is 279 Å². The standard InChI is InChI=1S/2C40H26N2.C36H22N2/c1-2-13-30(14-3-1)41-22-21-29-25-40-37(26-39(29)41)35-19-8-9-20-38(35)42(40)31-15-10-12-27(23-31)36-24-28-11-4-5-16-32(28)33-17-6-7-18-34(33)36;1-2-11-30(12-3-1)41-23-22-29-25-40-37(26-39(29)41)35-16-8-9-17-38(35)42(40)31-20-18-27(19-21-31)36-24-28-10-4-5-13-32(28)33-14-6-7-15-34(33)36;1-2-9-27(10-3-1)37-20-19-26-21-34-30(22-33(26)37)28-11-4-5-12-31(28)38(34)32-18-16-25-14-13-23-7-6-8-24-15-17-29(32)36(25)35(23)24/h2*1-26H;1-22H. The van der Waals surface area contributed by atoms with Gasteiger partial charge in [0, 0.05) is 101 Å². The van der Waals surface area contributed by atoms with Crippen molar-refractivity contribution >= 4 is 174 Å². The molecular weight excluding hydrogens is 1480 g/mol. The van der Waals surface area contributed by atoms with Crippen molar-refractivity contribution in [3.05, 3.63) is 449 Å². The molecule has 27 rings (SSSR count). The Hall–Kier alpha value is -16.3. The fraction of sp³-hybridized carbons (Fsp3) is 0. The third-order valence-electron chi connectivity index (χ3n) is 25.7. The van der Waals surface area contributed by atoms with E-state index in [0.29, 0.717) is 0 Å². The van der Waals surface area contributed by atoms with Crippen LogP contribution in [0.1, 0.15) is 0 Å². The lowest BCUT2D eigenvalue weighted by molar-refractivity contribution is 1.13. The fourth-order valence-electron chi connectivity index (χ4n) is 20.2. The Kier molecular flexibility index (Phi) is 15.6. The monoisotopic (exact) mass is 1550 g/mol. The molecule has 6 heterocycles. The summed E-state index contributed by atoms with van der Waals surface area (Å²) in [5.41, 5.74) is 23.0. The number of nitrogens with zero attached hydrogens (tertiary/aromatic N) is 6. The summed E-state index contributed by atoms with van der Waals surface area (Å²) in [6.07, 6.45) is 6.53. The van der Waals surface area contributed by atoms with Gasteiger partial charge in [-0.3, -0.25) is 0 Å². The lowest BCUT2D eigenvalue weighted by atomic mass is 9.93. The molecule has 0 aliphatic heterocycles. The molecule has 0 unspecified atom stereocenters. The number of hydrogen-bond acceptors (Lipinski definition) is 0. The summed E-state index contributed by atoms with van der Waals surface area (Å²) in [4.78, 5) is 0. The summed E-state index contributed by atoms with van der Waals surface area (Å²) in [7, 11) is 0. The van der Waals surface area contributed by atoms with Crippen molar-refractivity contribution in [1.29, 1.82) is 0 Å². The van der Waals surface area contributed by atoms with E-state index in [1.165, 1.54) is 219 Å². The summed E-state index contributed by atoms with van der Waals surface area (Å²) in [5, 5.41) is 29.4. The topological polar surface area (TPSA) is 29.6 Å². The molecule has 122 heavy (non-hydrogen) atoms. The Bertz CT molecular complexity index is 8860. The molecule has 6 nitrogen and oxygen atoms in total. The Morgan fingerprint density at radius 3 is 0.975 bits per heavy atom. The maximum atomic E-state index is 2.47. The zero-order valence-electron chi connectivity index (χ0n) is 66.4. The van der Waals surface area contributed by atoms with Gasteiger partial charge < -0.3 is 27.4 Å². The molecule has 0 radical (unpaired) electrons. The molecule has 6 heteroatoms. The van der Waals surface area contributed by atoms with Crippen LogP contribution in [0, 0.1) is 0 Å². The van der Waals surface area contributed by atoms with Crippen LogP contribution in [0.3, 0.4) is 0 Å². The van der Waals surface area contributed by atoms with E-state index in [0.717, 1.165) is 11.4 Å². The lowest BCUT2D eigenvalue weighted by Crippen LogP contribution is -1.96. The Labute approximate surface area is 701 Å². The number of benzene rings is 21. The number of aromatic nitrogens is 6. The summed E-state index contributed by atoms with van der Waals surface area (Å²) < 4.78 is 14.2. The van der Waals surface area contributed by atoms with Crippen LogP contribution < -0.4 is 0 Å². The van der Waals surface area contributed by atoms with E-state index in [9.17, 15) is 0 Å². The second kappa shape index (κ2) is 27.7. The van der Waals surface area contributed by atoms with Gasteiger partial charge in [-0.05, 0) is 244 Å². The largest absolute Gasteiger partial charge is 0.317 e. The van der Waals surface area contributed by atoms with E-state index < -0.39 is 0 Å². The first kappa shape index (κ1) is 68.9. The Morgan fingerprint density at radius 1 is 0.139 bits per heavy atom. The molecule has 0 atom stereocenters. The van der Waals surface area contributed by atoms with Gasteiger partial charge in [-0.15, -0.1) is 0 Å². The van der Waals surface area contributed by atoms with E-state index in [4.69, 9.17) is 0 Å². The van der Waals surface area contributed by atoms with Crippen molar-refractivity contribution in [3.63, 3.8) is 0 Å². The zero-order valence-corrected chi connectivity index (χ0v) is 66.4. The van der Waals surface area contributed by atoms with Gasteiger partial charge in [-0.2, -0.15) is 0 Å². The summed E-state index contributed by atoms with van der Waals surface area (Å²) in [5.74, 6) is 0. The van der Waals surface area contributed by atoms with Gasteiger partial charge >= 0.3 is 0 Å². The summed E-state index contributed by atoms with van der Waals surface area (Å²) >= 11 is 0.